The van der Waals surface area contributed by atoms with Gasteiger partial charge in [0.25, 0.3) is 0 Å². The molecule has 0 aliphatic carbocycles. The van der Waals surface area contributed by atoms with Crippen LogP contribution in [0.5, 0.6) is 46.0 Å². The predicted octanol–water partition coefficient (Wildman–Crippen LogP) is 17.3. The van der Waals surface area contributed by atoms with Crippen LogP contribution in [0, 0.1) is 31.3 Å². The van der Waals surface area contributed by atoms with Crippen molar-refractivity contribution in [3.8, 4) is 103 Å². The summed E-state index contributed by atoms with van der Waals surface area (Å²) in [5.74, 6) is 6.03. The molecule has 0 aliphatic heterocycles. The summed E-state index contributed by atoms with van der Waals surface area (Å²) in [5, 5.41) is 3.99. The first-order valence-corrected chi connectivity index (χ1v) is 29.1. The van der Waals surface area contributed by atoms with Crippen molar-refractivity contribution in [2.24, 2.45) is 0 Å². The molecule has 0 spiro atoms. The number of aromatic nitrogens is 10. The molecule has 16 rings (SSSR count). The molecule has 0 fully saturated rings. The third-order valence-corrected chi connectivity index (χ3v) is 14.9. The average Bonchev–Trinajstić information content (AvgIpc) is 1.61. The Morgan fingerprint density at radius 2 is 0.763 bits per heavy atom. The van der Waals surface area contributed by atoms with Crippen LogP contribution >= 0.6 is 0 Å². The Labute approximate surface area is 562 Å². The third kappa shape index (κ3) is 13.0. The number of hydrogen-bond acceptors (Lipinski definition) is 11. The van der Waals surface area contributed by atoms with Crippen molar-refractivity contribution in [1.29, 1.82) is 0 Å². The Balaban J connectivity index is 0.000000166. The molecule has 0 saturated heterocycles. The van der Waals surface area contributed by atoms with Crippen molar-refractivity contribution in [3.63, 3.8) is 0 Å². The van der Waals surface area contributed by atoms with Gasteiger partial charge in [0, 0.05) is 128 Å². The van der Waals surface area contributed by atoms with E-state index in [-0.39, 0.29) is 40.8 Å². The van der Waals surface area contributed by atoms with E-state index in [1.54, 1.807) is 54.0 Å². The van der Waals surface area contributed by atoms with Gasteiger partial charge in [-0.3, -0.25) is 14.5 Å². The van der Waals surface area contributed by atoms with Crippen molar-refractivity contribution in [3.05, 3.63) is 311 Å². The smallest absolute Gasteiger partial charge is 0.503 e. The van der Waals surface area contributed by atoms with Crippen molar-refractivity contribution in [2.75, 3.05) is 0 Å². The van der Waals surface area contributed by atoms with Crippen LogP contribution in [-0.2, 0) is 40.8 Å². The van der Waals surface area contributed by atoms with Crippen LogP contribution in [0.3, 0.4) is 0 Å². The molecule has 0 unspecified atom stereocenters. The van der Waals surface area contributed by atoms with Crippen LogP contribution in [0.15, 0.2) is 280 Å². The van der Waals surface area contributed by atoms with Gasteiger partial charge < -0.3 is 33.1 Å². The molecule has 0 bridgehead atoms. The summed E-state index contributed by atoms with van der Waals surface area (Å²) in [6, 6.07) is 87.9. The first kappa shape index (κ1) is 60.4. The van der Waals surface area contributed by atoms with Crippen LogP contribution in [-0.4, -0.2) is 44.0 Å². The molecule has 8 heterocycles. The molecular formula is C77H48N10O4Pd2-2. The summed E-state index contributed by atoms with van der Waals surface area (Å²) in [6.45, 7) is 0. The van der Waals surface area contributed by atoms with E-state index in [0.717, 1.165) is 100 Å². The van der Waals surface area contributed by atoms with E-state index >= 15 is 0 Å². The summed E-state index contributed by atoms with van der Waals surface area (Å²) < 4.78 is 31.0. The molecule has 16 aromatic rings. The molecule has 93 heavy (non-hydrogen) atoms. The minimum absolute atomic E-state index is 0. The van der Waals surface area contributed by atoms with Crippen LogP contribution in [0.25, 0.3) is 101 Å². The van der Waals surface area contributed by atoms with E-state index < -0.39 is 0 Å². The number of pyridine rings is 4. The first-order chi connectivity index (χ1) is 45.0. The molecule has 14 nitrogen and oxygen atoms in total. The van der Waals surface area contributed by atoms with Gasteiger partial charge in [-0.1, -0.05) is 89.4 Å². The Kier molecular flexibility index (Phi) is 17.7. The van der Waals surface area contributed by atoms with Gasteiger partial charge >= 0.3 is 20.4 Å². The first-order valence-electron chi connectivity index (χ1n) is 29.1. The van der Waals surface area contributed by atoms with Gasteiger partial charge in [0.05, 0.1) is 28.6 Å². The number of benzene rings is 8. The molecule has 0 atom stereocenters. The minimum atomic E-state index is 0. The van der Waals surface area contributed by atoms with Crippen molar-refractivity contribution in [2.45, 2.75) is 0 Å². The second-order valence-corrected chi connectivity index (χ2v) is 20.8. The van der Waals surface area contributed by atoms with E-state index in [9.17, 15) is 0 Å². The summed E-state index contributed by atoms with van der Waals surface area (Å²) in [4.78, 5) is 31.7. The Hall–Kier alpha value is -11.5. The van der Waals surface area contributed by atoms with Crippen LogP contribution < -0.4 is 23.5 Å². The molecule has 0 saturated carbocycles. The SMILES string of the molecule is [CH2-][n+]1ccccc1-c1[c-]c(Oc2[c-]c3c(cc2)c2ccc(Oc4[c-]c(-c5ccccn5)ccc4)[c-]c2n3-c2ncccn2)ccc1.[Pd+2].[Pd].c1ccc(-c2cccc(Oc3ccc4c5ccc(Oc6cccc(-c7ccccn7)c6)cc5n(-c5ncccn5)c4c3)c2)nc1. The van der Waals surface area contributed by atoms with Gasteiger partial charge in [0.15, 0.2) is 0 Å². The molecular weight excluding hydrogens is 1340 g/mol. The van der Waals surface area contributed by atoms with E-state index in [4.69, 9.17) is 18.9 Å². The van der Waals surface area contributed by atoms with Crippen molar-refractivity contribution < 1.29 is 64.4 Å². The summed E-state index contributed by atoms with van der Waals surface area (Å²) in [5.41, 5.74) is 10.5. The van der Waals surface area contributed by atoms with Gasteiger partial charge in [-0.2, -0.15) is 22.9 Å². The number of rotatable bonds is 14. The zero-order chi connectivity index (χ0) is 60.9. The van der Waals surface area contributed by atoms with Crippen LogP contribution in [0.4, 0.5) is 0 Å². The summed E-state index contributed by atoms with van der Waals surface area (Å²) >= 11 is 0. The Morgan fingerprint density at radius 1 is 0.333 bits per heavy atom. The fourth-order valence-electron chi connectivity index (χ4n) is 10.8. The quantitative estimate of drug-likeness (QED) is 0.0583. The van der Waals surface area contributed by atoms with Gasteiger partial charge in [-0.25, -0.2) is 19.9 Å². The molecule has 8 aromatic heterocycles. The third-order valence-electron chi connectivity index (χ3n) is 14.9. The van der Waals surface area contributed by atoms with Gasteiger partial charge in [-0.05, 0) is 103 Å². The molecule has 0 N–H and O–H groups in total. The van der Waals surface area contributed by atoms with E-state index in [1.165, 1.54) is 0 Å². The zero-order valence-corrected chi connectivity index (χ0v) is 52.1. The van der Waals surface area contributed by atoms with Gasteiger partial charge in [0.1, 0.15) is 28.7 Å². The second kappa shape index (κ2) is 27.3. The number of nitrogens with zero attached hydrogens (tertiary/aromatic N) is 10. The number of ether oxygens (including phenoxy) is 4. The monoisotopic (exact) mass is 1390 g/mol. The maximum atomic E-state index is 6.37. The molecule has 16 heteroatoms. The minimum Gasteiger partial charge on any atom is -0.503 e. The molecule has 452 valence electrons. The average molecular weight is 1390 g/mol. The van der Waals surface area contributed by atoms with Crippen molar-refractivity contribution >= 4 is 43.6 Å². The number of fused-ring (bicyclic) bond motifs is 6. The largest absolute Gasteiger partial charge is 2.00 e. The fourth-order valence-corrected chi connectivity index (χ4v) is 10.8. The van der Waals surface area contributed by atoms with E-state index in [0.29, 0.717) is 46.4 Å². The molecule has 8 aromatic carbocycles. The Bertz CT molecular complexity index is 5140. The van der Waals surface area contributed by atoms with Crippen LogP contribution in [0.1, 0.15) is 0 Å². The second-order valence-electron chi connectivity index (χ2n) is 20.8. The summed E-state index contributed by atoms with van der Waals surface area (Å²) in [7, 11) is 4.07. The maximum Gasteiger partial charge on any atom is 2.00 e. The fraction of sp³-hybridized carbons (Fsp3) is 0. The van der Waals surface area contributed by atoms with E-state index in [2.05, 4.69) is 78.3 Å². The Morgan fingerprint density at radius 3 is 1.27 bits per heavy atom. The predicted molar refractivity (Wildman–Crippen MR) is 350 cm³/mol. The topological polar surface area (TPSA) is 141 Å². The molecule has 0 aliphatic rings. The zero-order valence-electron chi connectivity index (χ0n) is 49.0. The normalized spacial score (nSPS) is 10.9. The number of hydrogen-bond donors (Lipinski definition) is 0. The van der Waals surface area contributed by atoms with Gasteiger partial charge in [-0.15, -0.1) is 66.2 Å². The van der Waals surface area contributed by atoms with Crippen molar-refractivity contribution in [1.82, 2.24) is 44.0 Å². The summed E-state index contributed by atoms with van der Waals surface area (Å²) in [6.07, 6.45) is 14.1. The molecule has 0 radical (unpaired) electrons. The molecule has 0 amide bonds. The van der Waals surface area contributed by atoms with Crippen LogP contribution in [0.2, 0.25) is 0 Å². The van der Waals surface area contributed by atoms with Gasteiger partial charge in [0.2, 0.25) is 11.9 Å². The standard InChI is InChI=1S/C39H23N5O2.C38H25N5O2.2Pd/c1-43-22-5-3-14-36(43)28-10-7-12-30(24-28)46-32-16-18-34-33-17-15-31(25-37(33)44(38(34)26-32)39-41-20-8-21-42-39)45-29-11-6-9-27(23-29)35-13-2-4-19-40-35;1-3-18-39-34(12-1)26-8-5-10-28(22-26)44-30-14-16-32-33-17-15-31(25-37(33)43(36(32)24-30)38-41-20-7-21-42-38)45-29-11-6-9-27(23-29)35-13-2-4-19-40-35;;/h2-22H,1H2;1-25H;;/q-4;;;+2. The maximum absolute atomic E-state index is 6.37. The van der Waals surface area contributed by atoms with E-state index in [1.807, 2.05) is 228 Å².